The smallest absolute Gasteiger partial charge is 0.338 e. The van der Waals surface area contributed by atoms with E-state index in [4.69, 9.17) is 18.7 Å². The number of anilines is 1. The van der Waals surface area contributed by atoms with Crippen LogP contribution in [0.25, 0.3) is 0 Å². The molecule has 10 heteroatoms. The Hall–Kier alpha value is -4.34. The first-order chi connectivity index (χ1) is 16.9. The summed E-state index contributed by atoms with van der Waals surface area (Å²) in [5.41, 5.74) is 2.41. The molecule has 10 nitrogen and oxygen atoms in total. The van der Waals surface area contributed by atoms with Gasteiger partial charge in [0.05, 0.1) is 29.1 Å². The minimum Gasteiger partial charge on any atom is -0.489 e. The number of para-hydroxylation sites is 2. The van der Waals surface area contributed by atoms with E-state index in [0.717, 1.165) is 11.3 Å². The molecule has 2 aromatic carbocycles. The molecule has 0 aliphatic carbocycles. The van der Waals surface area contributed by atoms with Gasteiger partial charge in [0.1, 0.15) is 23.9 Å². The van der Waals surface area contributed by atoms with E-state index in [0.29, 0.717) is 22.9 Å². The standard InChI is InChI=1S/C25H25N3O7/c1-15-19(16(2)35-27-15)13-32-18-10-8-17(9-11-18)25(31)33-14-23(29)28-12-22(24(30)26-3)34-21-7-5-4-6-20(21)28/h4-11,22H,12-14H2,1-3H3,(H,26,30). The molecular formula is C25H25N3O7. The van der Waals surface area contributed by atoms with Gasteiger partial charge in [-0.1, -0.05) is 17.3 Å². The number of aromatic nitrogens is 1. The van der Waals surface area contributed by atoms with Crippen molar-refractivity contribution >= 4 is 23.5 Å². The Kier molecular flexibility index (Phi) is 7.00. The van der Waals surface area contributed by atoms with Crippen molar-refractivity contribution in [2.45, 2.75) is 26.6 Å². The van der Waals surface area contributed by atoms with E-state index in [9.17, 15) is 14.4 Å². The van der Waals surface area contributed by atoms with Crippen molar-refractivity contribution in [2.24, 2.45) is 0 Å². The number of esters is 1. The van der Waals surface area contributed by atoms with Crippen molar-refractivity contribution in [2.75, 3.05) is 25.1 Å². The fourth-order valence-corrected chi connectivity index (χ4v) is 3.61. The van der Waals surface area contributed by atoms with Gasteiger partial charge in [-0.15, -0.1) is 0 Å². The summed E-state index contributed by atoms with van der Waals surface area (Å²) in [5.74, 6) is 0.173. The predicted molar refractivity (Wildman–Crippen MR) is 124 cm³/mol. The highest BCUT2D eigenvalue weighted by atomic mass is 16.5. The molecule has 35 heavy (non-hydrogen) atoms. The van der Waals surface area contributed by atoms with Crippen molar-refractivity contribution in [3.63, 3.8) is 0 Å². The van der Waals surface area contributed by atoms with Crippen LogP contribution in [0, 0.1) is 13.8 Å². The Balaban J connectivity index is 1.35. The lowest BCUT2D eigenvalue weighted by Crippen LogP contribution is -2.51. The van der Waals surface area contributed by atoms with Gasteiger partial charge in [0, 0.05) is 7.05 Å². The monoisotopic (exact) mass is 479 g/mol. The number of carbonyl (C=O) groups excluding carboxylic acids is 3. The molecule has 0 fully saturated rings. The second-order valence-electron chi connectivity index (χ2n) is 7.88. The minimum atomic E-state index is -0.868. The maximum absolute atomic E-state index is 12.9. The van der Waals surface area contributed by atoms with Gasteiger partial charge >= 0.3 is 5.97 Å². The van der Waals surface area contributed by atoms with E-state index in [1.54, 1.807) is 48.5 Å². The normalized spacial score (nSPS) is 14.5. The van der Waals surface area contributed by atoms with Gasteiger partial charge in [0.2, 0.25) is 0 Å². The number of aryl methyl sites for hydroxylation is 2. The molecule has 0 saturated carbocycles. The van der Waals surface area contributed by atoms with Crippen LogP contribution in [0.5, 0.6) is 11.5 Å². The van der Waals surface area contributed by atoms with E-state index in [1.165, 1.54) is 11.9 Å². The van der Waals surface area contributed by atoms with Crippen LogP contribution in [0.15, 0.2) is 53.1 Å². The number of hydrogen-bond donors (Lipinski definition) is 1. The van der Waals surface area contributed by atoms with Crippen LogP contribution >= 0.6 is 0 Å². The summed E-state index contributed by atoms with van der Waals surface area (Å²) < 4.78 is 21.8. The topological polar surface area (TPSA) is 120 Å². The maximum Gasteiger partial charge on any atom is 0.338 e. The van der Waals surface area contributed by atoms with Gasteiger partial charge in [0.15, 0.2) is 12.7 Å². The van der Waals surface area contributed by atoms with Crippen LogP contribution in [0.4, 0.5) is 5.69 Å². The fourth-order valence-electron chi connectivity index (χ4n) is 3.61. The zero-order valence-electron chi connectivity index (χ0n) is 19.6. The molecule has 2 heterocycles. The first kappa shape index (κ1) is 23.8. The van der Waals surface area contributed by atoms with E-state index < -0.39 is 24.6 Å². The molecule has 0 spiro atoms. The Labute approximate surface area is 201 Å². The van der Waals surface area contributed by atoms with E-state index in [2.05, 4.69) is 10.5 Å². The summed E-state index contributed by atoms with van der Waals surface area (Å²) in [6, 6.07) is 13.3. The first-order valence-electron chi connectivity index (χ1n) is 11.0. The zero-order valence-corrected chi connectivity index (χ0v) is 19.6. The van der Waals surface area contributed by atoms with Crippen LogP contribution in [0.2, 0.25) is 0 Å². The summed E-state index contributed by atoms with van der Waals surface area (Å²) >= 11 is 0. The number of nitrogens with one attached hydrogen (secondary N) is 1. The Morgan fingerprint density at radius 3 is 2.54 bits per heavy atom. The second-order valence-corrected chi connectivity index (χ2v) is 7.88. The third-order valence-corrected chi connectivity index (χ3v) is 5.59. The lowest BCUT2D eigenvalue weighted by molar-refractivity contribution is -0.128. The molecular weight excluding hydrogens is 454 g/mol. The van der Waals surface area contributed by atoms with Crippen LogP contribution in [0.1, 0.15) is 27.4 Å². The second kappa shape index (κ2) is 10.3. The summed E-state index contributed by atoms with van der Waals surface area (Å²) in [6.07, 6.45) is -0.868. The molecule has 1 atom stereocenters. The Morgan fingerprint density at radius 2 is 1.86 bits per heavy atom. The lowest BCUT2D eigenvalue weighted by atomic mass is 10.1. The number of amides is 2. The molecule has 0 saturated heterocycles. The zero-order chi connectivity index (χ0) is 24.9. The summed E-state index contributed by atoms with van der Waals surface area (Å²) in [4.78, 5) is 38.9. The van der Waals surface area contributed by atoms with Gasteiger partial charge in [-0.25, -0.2) is 4.79 Å². The van der Waals surface area contributed by atoms with Crippen molar-refractivity contribution in [3.05, 3.63) is 71.1 Å². The molecule has 3 aromatic rings. The molecule has 2 amide bonds. The first-order valence-corrected chi connectivity index (χ1v) is 11.0. The molecule has 4 rings (SSSR count). The average molecular weight is 479 g/mol. The number of rotatable bonds is 7. The molecule has 1 aromatic heterocycles. The quantitative estimate of drug-likeness (QED) is 0.514. The summed E-state index contributed by atoms with van der Waals surface area (Å²) in [5, 5.41) is 6.41. The molecule has 182 valence electrons. The van der Waals surface area contributed by atoms with E-state index in [-0.39, 0.29) is 24.6 Å². The minimum absolute atomic E-state index is 0.00420. The highest BCUT2D eigenvalue weighted by Gasteiger charge is 2.33. The summed E-state index contributed by atoms with van der Waals surface area (Å²) in [7, 11) is 1.49. The fraction of sp³-hybridized carbons (Fsp3) is 0.280. The molecule has 0 radical (unpaired) electrons. The number of ether oxygens (including phenoxy) is 3. The molecule has 1 aliphatic rings. The SMILES string of the molecule is CNC(=O)C1CN(C(=O)COC(=O)c2ccc(OCc3c(C)noc3C)cc2)c2ccccc2O1. The number of benzene rings is 2. The molecule has 1 N–H and O–H groups in total. The van der Waals surface area contributed by atoms with Gasteiger partial charge in [-0.05, 0) is 50.2 Å². The largest absolute Gasteiger partial charge is 0.489 e. The third kappa shape index (κ3) is 5.26. The number of carbonyl (C=O) groups is 3. The van der Waals surface area contributed by atoms with Crippen molar-refractivity contribution < 1.29 is 33.1 Å². The Bertz CT molecular complexity index is 1220. The number of hydrogen-bond acceptors (Lipinski definition) is 8. The van der Waals surface area contributed by atoms with Crippen molar-refractivity contribution in [1.82, 2.24) is 10.5 Å². The van der Waals surface area contributed by atoms with Gasteiger partial charge in [-0.3, -0.25) is 9.59 Å². The van der Waals surface area contributed by atoms with E-state index >= 15 is 0 Å². The highest BCUT2D eigenvalue weighted by Crippen LogP contribution is 2.33. The number of fused-ring (bicyclic) bond motifs is 1. The van der Waals surface area contributed by atoms with Gasteiger partial charge in [0.25, 0.3) is 11.8 Å². The molecule has 1 unspecified atom stereocenters. The average Bonchev–Trinajstić information content (AvgIpc) is 3.21. The third-order valence-electron chi connectivity index (χ3n) is 5.59. The van der Waals surface area contributed by atoms with E-state index in [1.807, 2.05) is 13.8 Å². The predicted octanol–water partition coefficient (Wildman–Crippen LogP) is 2.57. The van der Waals surface area contributed by atoms with Crippen molar-refractivity contribution in [1.29, 1.82) is 0 Å². The maximum atomic E-state index is 12.9. The molecule has 1 aliphatic heterocycles. The van der Waals surface area contributed by atoms with Crippen LogP contribution in [-0.2, 0) is 20.9 Å². The lowest BCUT2D eigenvalue weighted by Gasteiger charge is -2.33. The molecule has 0 bridgehead atoms. The number of nitrogens with zero attached hydrogens (tertiary/aromatic N) is 2. The Morgan fingerprint density at radius 1 is 1.11 bits per heavy atom. The van der Waals surface area contributed by atoms with Gasteiger partial charge < -0.3 is 29.0 Å². The summed E-state index contributed by atoms with van der Waals surface area (Å²) in [6.45, 7) is 3.46. The highest BCUT2D eigenvalue weighted by molar-refractivity contribution is 5.99. The van der Waals surface area contributed by atoms with Crippen LogP contribution < -0.4 is 19.7 Å². The van der Waals surface area contributed by atoms with Crippen LogP contribution in [0.3, 0.4) is 0 Å². The van der Waals surface area contributed by atoms with Gasteiger partial charge in [-0.2, -0.15) is 0 Å². The number of likely N-dealkylation sites (N-methyl/N-ethyl adjacent to an activating group) is 1. The van der Waals surface area contributed by atoms with Crippen LogP contribution in [-0.4, -0.2) is 49.2 Å². The van der Waals surface area contributed by atoms with Crippen molar-refractivity contribution in [3.8, 4) is 11.5 Å².